The number of ether oxygens (including phenoxy) is 1. The fourth-order valence-corrected chi connectivity index (χ4v) is 3.73. The van der Waals surface area contributed by atoms with E-state index < -0.39 is 5.91 Å². The lowest BCUT2D eigenvalue weighted by atomic mass is 10.1. The first-order valence-corrected chi connectivity index (χ1v) is 10.8. The Bertz CT molecular complexity index is 1250. The van der Waals surface area contributed by atoms with Crippen LogP contribution in [-0.4, -0.2) is 5.91 Å². The van der Waals surface area contributed by atoms with Crippen LogP contribution in [0.1, 0.15) is 35.2 Å². The van der Waals surface area contributed by atoms with Crippen LogP contribution in [0.15, 0.2) is 72.3 Å². The Balaban J connectivity index is 1.76. The SMILES string of the molecule is C[C@H](NC(=O)/C(C#N)=C\c1cc(Cl)c(OCc2ccccc2C#N)c(Cl)c1)c1ccccc1. The van der Waals surface area contributed by atoms with Gasteiger partial charge in [0.15, 0.2) is 5.75 Å². The largest absolute Gasteiger partial charge is 0.486 e. The Morgan fingerprint density at radius 3 is 2.33 bits per heavy atom. The Labute approximate surface area is 202 Å². The Kier molecular flexibility index (Phi) is 8.11. The minimum atomic E-state index is -0.505. The Hall–Kier alpha value is -3.77. The quantitative estimate of drug-likeness (QED) is 0.324. The number of hydrogen-bond acceptors (Lipinski definition) is 4. The molecule has 0 unspecified atom stereocenters. The molecule has 5 nitrogen and oxygen atoms in total. The van der Waals surface area contributed by atoms with Crippen molar-refractivity contribution >= 4 is 35.2 Å². The molecule has 1 atom stereocenters. The highest BCUT2D eigenvalue weighted by molar-refractivity contribution is 6.37. The number of halogens is 2. The lowest BCUT2D eigenvalue weighted by Gasteiger charge is -2.14. The smallest absolute Gasteiger partial charge is 0.262 e. The molecule has 3 rings (SSSR count). The second-order valence-corrected chi connectivity index (χ2v) is 7.96. The van der Waals surface area contributed by atoms with Crippen LogP contribution in [0.4, 0.5) is 0 Å². The van der Waals surface area contributed by atoms with Crippen LogP contribution >= 0.6 is 23.2 Å². The van der Waals surface area contributed by atoms with Crippen LogP contribution in [-0.2, 0) is 11.4 Å². The van der Waals surface area contributed by atoms with Crippen LogP contribution in [0.3, 0.4) is 0 Å². The summed E-state index contributed by atoms with van der Waals surface area (Å²) in [5.41, 5.74) is 2.52. The third-order valence-corrected chi connectivity index (χ3v) is 5.42. The molecule has 0 aromatic heterocycles. The van der Waals surface area contributed by atoms with Crippen molar-refractivity contribution in [3.05, 3.63) is 105 Å². The normalized spacial score (nSPS) is 11.7. The molecular formula is C26H19Cl2N3O2. The van der Waals surface area contributed by atoms with Crippen molar-refractivity contribution < 1.29 is 9.53 Å². The van der Waals surface area contributed by atoms with Gasteiger partial charge in [0, 0.05) is 5.56 Å². The monoisotopic (exact) mass is 475 g/mol. The molecule has 0 radical (unpaired) electrons. The molecule has 1 amide bonds. The molecule has 0 heterocycles. The molecule has 0 spiro atoms. The summed E-state index contributed by atoms with van der Waals surface area (Å²) in [5.74, 6) is -0.251. The number of benzene rings is 3. The predicted octanol–water partition coefficient (Wildman–Crippen LogP) is 6.23. The molecule has 0 saturated carbocycles. The minimum absolute atomic E-state index is 0.0819. The highest BCUT2D eigenvalue weighted by Crippen LogP contribution is 2.35. The Morgan fingerprint density at radius 1 is 1.06 bits per heavy atom. The number of nitrogens with one attached hydrogen (secondary N) is 1. The summed E-state index contributed by atoms with van der Waals surface area (Å²) < 4.78 is 5.75. The first-order valence-electron chi connectivity index (χ1n) is 10.0. The highest BCUT2D eigenvalue weighted by Gasteiger charge is 2.15. The maximum absolute atomic E-state index is 12.6. The van der Waals surface area contributed by atoms with Crippen molar-refractivity contribution in [1.29, 1.82) is 10.5 Å². The van der Waals surface area contributed by atoms with Crippen molar-refractivity contribution in [2.75, 3.05) is 0 Å². The van der Waals surface area contributed by atoms with Crippen molar-refractivity contribution in [1.82, 2.24) is 5.32 Å². The van der Waals surface area contributed by atoms with E-state index in [0.717, 1.165) is 5.56 Å². The zero-order valence-corrected chi connectivity index (χ0v) is 19.2. The molecule has 0 aliphatic carbocycles. The van der Waals surface area contributed by atoms with Gasteiger partial charge in [0.2, 0.25) is 0 Å². The van der Waals surface area contributed by atoms with E-state index in [2.05, 4.69) is 11.4 Å². The molecule has 0 saturated heterocycles. The van der Waals surface area contributed by atoms with Gasteiger partial charge < -0.3 is 10.1 Å². The fourth-order valence-electron chi connectivity index (χ4n) is 3.12. The van der Waals surface area contributed by atoms with Gasteiger partial charge in [0.05, 0.1) is 27.7 Å². The van der Waals surface area contributed by atoms with Gasteiger partial charge in [0.1, 0.15) is 18.2 Å². The Morgan fingerprint density at radius 2 is 1.70 bits per heavy atom. The molecule has 0 aliphatic heterocycles. The minimum Gasteiger partial charge on any atom is -0.486 e. The van der Waals surface area contributed by atoms with Gasteiger partial charge in [0.25, 0.3) is 5.91 Å². The standard InChI is InChI=1S/C26H19Cl2N3O2/c1-17(19-7-3-2-4-8-19)31-26(32)22(15-30)11-18-12-23(27)25(24(28)13-18)33-16-21-10-6-5-9-20(21)14-29/h2-13,17H,16H2,1H3,(H,31,32)/b22-11-/t17-/m0/s1. The van der Waals surface area contributed by atoms with E-state index in [4.69, 9.17) is 27.9 Å². The fraction of sp³-hybridized carbons (Fsp3) is 0.115. The van der Waals surface area contributed by atoms with E-state index in [1.54, 1.807) is 30.3 Å². The molecule has 33 heavy (non-hydrogen) atoms. The number of amides is 1. The lowest BCUT2D eigenvalue weighted by Crippen LogP contribution is -2.27. The molecule has 0 fully saturated rings. The highest BCUT2D eigenvalue weighted by atomic mass is 35.5. The van der Waals surface area contributed by atoms with Crippen LogP contribution in [0, 0.1) is 22.7 Å². The van der Waals surface area contributed by atoms with E-state index in [-0.39, 0.29) is 34.0 Å². The summed E-state index contributed by atoms with van der Waals surface area (Å²) in [6.07, 6.45) is 1.42. The first-order chi connectivity index (χ1) is 15.9. The number of carbonyl (C=O) groups excluding carboxylic acids is 1. The number of rotatable bonds is 7. The van der Waals surface area contributed by atoms with E-state index in [1.807, 2.05) is 49.4 Å². The summed E-state index contributed by atoms with van der Waals surface area (Å²) in [4.78, 5) is 12.6. The number of nitrogens with zero attached hydrogens (tertiary/aromatic N) is 2. The van der Waals surface area contributed by atoms with E-state index in [9.17, 15) is 15.3 Å². The third kappa shape index (κ3) is 6.14. The zero-order valence-electron chi connectivity index (χ0n) is 17.7. The van der Waals surface area contributed by atoms with E-state index >= 15 is 0 Å². The first kappa shape index (κ1) is 23.9. The second kappa shape index (κ2) is 11.2. The average molecular weight is 476 g/mol. The summed E-state index contributed by atoms with van der Waals surface area (Å²) in [7, 11) is 0. The predicted molar refractivity (Wildman–Crippen MR) is 129 cm³/mol. The number of nitriles is 2. The van der Waals surface area contributed by atoms with Crippen molar-refractivity contribution in [2.24, 2.45) is 0 Å². The molecule has 3 aromatic rings. The van der Waals surface area contributed by atoms with Gasteiger partial charge in [-0.05, 0) is 42.3 Å². The maximum Gasteiger partial charge on any atom is 0.262 e. The summed E-state index contributed by atoms with van der Waals surface area (Å²) in [6, 6.07) is 23.4. The van der Waals surface area contributed by atoms with Gasteiger partial charge in [-0.1, -0.05) is 71.7 Å². The van der Waals surface area contributed by atoms with Crippen LogP contribution in [0.2, 0.25) is 10.0 Å². The topological polar surface area (TPSA) is 85.9 Å². The van der Waals surface area contributed by atoms with Crippen molar-refractivity contribution in [2.45, 2.75) is 19.6 Å². The van der Waals surface area contributed by atoms with Gasteiger partial charge in [-0.2, -0.15) is 10.5 Å². The second-order valence-electron chi connectivity index (χ2n) is 7.15. The molecule has 0 bridgehead atoms. The van der Waals surface area contributed by atoms with Gasteiger partial charge in [-0.3, -0.25) is 4.79 Å². The molecule has 1 N–H and O–H groups in total. The van der Waals surface area contributed by atoms with E-state index in [1.165, 1.54) is 6.08 Å². The molecule has 7 heteroatoms. The van der Waals surface area contributed by atoms with Gasteiger partial charge in [-0.25, -0.2) is 0 Å². The summed E-state index contributed by atoms with van der Waals surface area (Å²) in [6.45, 7) is 1.95. The number of hydrogen-bond donors (Lipinski definition) is 1. The summed E-state index contributed by atoms with van der Waals surface area (Å²) in [5, 5.41) is 22.0. The van der Waals surface area contributed by atoms with Crippen molar-refractivity contribution in [3.63, 3.8) is 0 Å². The maximum atomic E-state index is 12.6. The molecule has 164 valence electrons. The molecule has 0 aliphatic rings. The molecule has 3 aromatic carbocycles. The lowest BCUT2D eigenvalue weighted by molar-refractivity contribution is -0.117. The van der Waals surface area contributed by atoms with Crippen LogP contribution in [0.5, 0.6) is 5.75 Å². The number of carbonyl (C=O) groups is 1. The average Bonchev–Trinajstić information content (AvgIpc) is 2.82. The van der Waals surface area contributed by atoms with Gasteiger partial charge >= 0.3 is 0 Å². The van der Waals surface area contributed by atoms with Gasteiger partial charge in [-0.15, -0.1) is 0 Å². The van der Waals surface area contributed by atoms with Crippen LogP contribution in [0.25, 0.3) is 6.08 Å². The summed E-state index contributed by atoms with van der Waals surface area (Å²) >= 11 is 12.7. The van der Waals surface area contributed by atoms with Crippen molar-refractivity contribution in [3.8, 4) is 17.9 Å². The van der Waals surface area contributed by atoms with Crippen LogP contribution < -0.4 is 10.1 Å². The third-order valence-electron chi connectivity index (χ3n) is 4.85. The van der Waals surface area contributed by atoms with E-state index in [0.29, 0.717) is 16.7 Å². The molecular weight excluding hydrogens is 457 g/mol. The zero-order chi connectivity index (χ0) is 23.8.